The first-order chi connectivity index (χ1) is 8.78. The average molecular weight is 264 g/mol. The quantitative estimate of drug-likeness (QED) is 0.888. The number of carbonyl (C=O) groups is 1. The summed E-state index contributed by atoms with van der Waals surface area (Å²) < 4.78 is 4.92. The molecule has 1 aromatic heterocycles. The SMILES string of the molecule is COCc1nnc(NC(=O)Nc2ccccc2)s1. The molecule has 1 heterocycles. The first-order valence-corrected chi connectivity index (χ1v) is 6.04. The van der Waals surface area contributed by atoms with Crippen LogP contribution in [0, 0.1) is 0 Å². The minimum atomic E-state index is -0.346. The van der Waals surface area contributed by atoms with E-state index in [1.165, 1.54) is 11.3 Å². The molecule has 0 aliphatic heterocycles. The van der Waals surface area contributed by atoms with Crippen molar-refractivity contribution in [1.82, 2.24) is 10.2 Å². The molecular weight excluding hydrogens is 252 g/mol. The van der Waals surface area contributed by atoms with Gasteiger partial charge in [0.2, 0.25) is 5.13 Å². The van der Waals surface area contributed by atoms with Gasteiger partial charge in [-0.2, -0.15) is 0 Å². The van der Waals surface area contributed by atoms with Crippen molar-refractivity contribution in [2.75, 3.05) is 17.7 Å². The molecule has 94 valence electrons. The van der Waals surface area contributed by atoms with E-state index >= 15 is 0 Å². The first kappa shape index (κ1) is 12.5. The Morgan fingerprint density at radius 3 is 2.78 bits per heavy atom. The van der Waals surface area contributed by atoms with Gasteiger partial charge in [-0.15, -0.1) is 10.2 Å². The molecule has 2 aromatic rings. The highest BCUT2D eigenvalue weighted by Crippen LogP contribution is 2.16. The van der Waals surface area contributed by atoms with E-state index in [2.05, 4.69) is 20.8 Å². The molecule has 6 nitrogen and oxygen atoms in total. The van der Waals surface area contributed by atoms with Crippen molar-refractivity contribution < 1.29 is 9.53 Å². The predicted octanol–water partition coefficient (Wildman–Crippen LogP) is 2.33. The van der Waals surface area contributed by atoms with Crippen molar-refractivity contribution in [3.8, 4) is 0 Å². The maximum absolute atomic E-state index is 11.6. The second kappa shape index (κ2) is 6.08. The van der Waals surface area contributed by atoms with Crippen LogP contribution in [0.5, 0.6) is 0 Å². The van der Waals surface area contributed by atoms with Gasteiger partial charge in [0.15, 0.2) is 0 Å². The highest BCUT2D eigenvalue weighted by molar-refractivity contribution is 7.15. The van der Waals surface area contributed by atoms with Crippen LogP contribution in [0.4, 0.5) is 15.6 Å². The van der Waals surface area contributed by atoms with Gasteiger partial charge in [-0.3, -0.25) is 5.32 Å². The third-order valence-electron chi connectivity index (χ3n) is 1.99. The summed E-state index contributed by atoms with van der Waals surface area (Å²) in [6.07, 6.45) is 0. The van der Waals surface area contributed by atoms with Gasteiger partial charge in [-0.05, 0) is 12.1 Å². The van der Waals surface area contributed by atoms with E-state index in [1.54, 1.807) is 19.2 Å². The molecule has 7 heteroatoms. The summed E-state index contributed by atoms with van der Waals surface area (Å²) in [5.41, 5.74) is 0.719. The Labute approximate surface area is 108 Å². The number of aromatic nitrogens is 2. The van der Waals surface area contributed by atoms with E-state index in [1.807, 2.05) is 18.2 Å². The van der Waals surface area contributed by atoms with Crippen LogP contribution in [0.15, 0.2) is 30.3 Å². The van der Waals surface area contributed by atoms with Crippen molar-refractivity contribution in [1.29, 1.82) is 0 Å². The number of nitrogens with one attached hydrogen (secondary N) is 2. The Morgan fingerprint density at radius 2 is 2.06 bits per heavy atom. The van der Waals surface area contributed by atoms with Crippen molar-refractivity contribution in [2.24, 2.45) is 0 Å². The van der Waals surface area contributed by atoms with Crippen LogP contribution >= 0.6 is 11.3 Å². The number of benzene rings is 1. The zero-order valence-corrected chi connectivity index (χ0v) is 10.5. The Morgan fingerprint density at radius 1 is 1.28 bits per heavy atom. The number of methoxy groups -OCH3 is 1. The molecule has 2 rings (SSSR count). The lowest BCUT2D eigenvalue weighted by molar-refractivity contribution is 0.184. The highest BCUT2D eigenvalue weighted by atomic mass is 32.1. The number of hydrogen-bond acceptors (Lipinski definition) is 5. The fourth-order valence-corrected chi connectivity index (χ4v) is 1.97. The van der Waals surface area contributed by atoms with Crippen molar-refractivity contribution in [3.05, 3.63) is 35.3 Å². The monoisotopic (exact) mass is 264 g/mol. The number of nitrogens with zero attached hydrogens (tertiary/aromatic N) is 2. The van der Waals surface area contributed by atoms with Crippen LogP contribution < -0.4 is 10.6 Å². The summed E-state index contributed by atoms with van der Waals surface area (Å²) >= 11 is 1.28. The van der Waals surface area contributed by atoms with Crippen LogP contribution in [-0.2, 0) is 11.3 Å². The van der Waals surface area contributed by atoms with Crippen molar-refractivity contribution >= 4 is 28.2 Å². The standard InChI is InChI=1S/C11H12N4O2S/c1-17-7-9-14-15-11(18-9)13-10(16)12-8-5-3-2-4-6-8/h2-6H,7H2,1H3,(H2,12,13,15,16). The van der Waals surface area contributed by atoms with Crippen LogP contribution in [0.2, 0.25) is 0 Å². The first-order valence-electron chi connectivity index (χ1n) is 5.22. The number of urea groups is 1. The predicted molar refractivity (Wildman–Crippen MR) is 69.7 cm³/mol. The normalized spacial score (nSPS) is 10.1. The van der Waals surface area contributed by atoms with E-state index < -0.39 is 0 Å². The van der Waals surface area contributed by atoms with Crippen LogP contribution in [0.1, 0.15) is 5.01 Å². The summed E-state index contributed by atoms with van der Waals surface area (Å²) in [5, 5.41) is 14.2. The fourth-order valence-electron chi connectivity index (χ4n) is 1.27. The van der Waals surface area contributed by atoms with Gasteiger partial charge < -0.3 is 10.1 Å². The Bertz CT molecular complexity index is 515. The fraction of sp³-hybridized carbons (Fsp3) is 0.182. The summed E-state index contributed by atoms with van der Waals surface area (Å²) in [6, 6.07) is 8.83. The molecule has 0 radical (unpaired) electrons. The van der Waals surface area contributed by atoms with E-state index in [-0.39, 0.29) is 6.03 Å². The lowest BCUT2D eigenvalue weighted by Gasteiger charge is -2.03. The minimum absolute atomic E-state index is 0.346. The van der Waals surface area contributed by atoms with Gasteiger partial charge in [0.1, 0.15) is 11.6 Å². The van der Waals surface area contributed by atoms with Crippen molar-refractivity contribution in [3.63, 3.8) is 0 Å². The summed E-state index contributed by atoms with van der Waals surface area (Å²) in [7, 11) is 1.58. The molecule has 0 atom stereocenters. The molecular formula is C11H12N4O2S. The second-order valence-electron chi connectivity index (χ2n) is 3.38. The highest BCUT2D eigenvalue weighted by Gasteiger charge is 2.07. The van der Waals surface area contributed by atoms with Crippen LogP contribution in [-0.4, -0.2) is 23.3 Å². The molecule has 0 fully saturated rings. The molecule has 2 amide bonds. The second-order valence-corrected chi connectivity index (χ2v) is 4.44. The smallest absolute Gasteiger partial charge is 0.325 e. The van der Waals surface area contributed by atoms with E-state index in [0.29, 0.717) is 16.7 Å². The summed E-state index contributed by atoms with van der Waals surface area (Å²) in [4.78, 5) is 11.6. The molecule has 0 saturated heterocycles. The summed E-state index contributed by atoms with van der Waals surface area (Å²) in [6.45, 7) is 0.389. The van der Waals surface area contributed by atoms with Gasteiger partial charge >= 0.3 is 6.03 Å². The zero-order chi connectivity index (χ0) is 12.8. The maximum atomic E-state index is 11.6. The van der Waals surface area contributed by atoms with E-state index in [9.17, 15) is 4.79 Å². The number of rotatable bonds is 4. The molecule has 0 aliphatic rings. The number of anilines is 2. The van der Waals surface area contributed by atoms with Gasteiger partial charge in [0.05, 0.1) is 0 Å². The number of para-hydroxylation sites is 1. The number of amides is 2. The van der Waals surface area contributed by atoms with Crippen molar-refractivity contribution in [2.45, 2.75) is 6.61 Å². The average Bonchev–Trinajstić information content (AvgIpc) is 2.78. The molecule has 1 aromatic carbocycles. The third-order valence-corrected chi connectivity index (χ3v) is 2.80. The molecule has 0 bridgehead atoms. The van der Waals surface area contributed by atoms with Crippen LogP contribution in [0.3, 0.4) is 0 Å². The largest absolute Gasteiger partial charge is 0.377 e. The lowest BCUT2D eigenvalue weighted by Crippen LogP contribution is -2.19. The molecule has 0 saturated carbocycles. The Hall–Kier alpha value is -1.99. The zero-order valence-electron chi connectivity index (χ0n) is 9.71. The van der Waals surface area contributed by atoms with Gasteiger partial charge in [-0.1, -0.05) is 29.5 Å². The summed E-state index contributed by atoms with van der Waals surface area (Å²) in [5.74, 6) is 0. The third kappa shape index (κ3) is 3.51. The van der Waals surface area contributed by atoms with Gasteiger partial charge in [0, 0.05) is 12.8 Å². The number of hydrogen-bond donors (Lipinski definition) is 2. The van der Waals surface area contributed by atoms with E-state index in [0.717, 1.165) is 5.69 Å². The molecule has 2 N–H and O–H groups in total. The van der Waals surface area contributed by atoms with Gasteiger partial charge in [0.25, 0.3) is 0 Å². The van der Waals surface area contributed by atoms with Gasteiger partial charge in [-0.25, -0.2) is 4.79 Å². The molecule has 0 spiro atoms. The Kier molecular flexibility index (Phi) is 4.21. The Balaban J connectivity index is 1.90. The minimum Gasteiger partial charge on any atom is -0.377 e. The van der Waals surface area contributed by atoms with E-state index in [4.69, 9.17) is 4.74 Å². The topological polar surface area (TPSA) is 76.1 Å². The molecule has 18 heavy (non-hydrogen) atoms. The van der Waals surface area contributed by atoms with Crippen LogP contribution in [0.25, 0.3) is 0 Å². The lowest BCUT2D eigenvalue weighted by atomic mass is 10.3. The molecule has 0 aliphatic carbocycles. The molecule has 0 unspecified atom stereocenters. The maximum Gasteiger partial charge on any atom is 0.325 e. The number of carbonyl (C=O) groups excluding carboxylic acids is 1. The number of ether oxygens (including phenoxy) is 1.